The second-order valence-electron chi connectivity index (χ2n) is 7.40. The van der Waals surface area contributed by atoms with E-state index >= 15 is 0 Å². The molecule has 0 aliphatic carbocycles. The van der Waals surface area contributed by atoms with E-state index in [1.807, 2.05) is 4.57 Å². The predicted molar refractivity (Wildman–Crippen MR) is 115 cm³/mol. The Morgan fingerprint density at radius 2 is 1.88 bits per heavy atom. The maximum Gasteiger partial charge on any atom is 0.295 e. The number of aryl methyl sites for hydroxylation is 1. The van der Waals surface area contributed by atoms with Gasteiger partial charge in [-0.15, -0.1) is 0 Å². The topological polar surface area (TPSA) is 84.7 Å². The molecular formula is C24H22FN3O4. The molecule has 7 nitrogen and oxygen atoms in total. The van der Waals surface area contributed by atoms with Gasteiger partial charge in [-0.2, -0.15) is 0 Å². The van der Waals surface area contributed by atoms with Crippen molar-refractivity contribution in [3.05, 3.63) is 89.8 Å². The summed E-state index contributed by atoms with van der Waals surface area (Å²) in [5.41, 5.74) is 0.362. The summed E-state index contributed by atoms with van der Waals surface area (Å²) in [6, 6.07) is 11.4. The quantitative estimate of drug-likeness (QED) is 0.349. The second-order valence-corrected chi connectivity index (χ2v) is 7.40. The van der Waals surface area contributed by atoms with Crippen LogP contribution in [0.5, 0.6) is 5.75 Å². The molecule has 32 heavy (non-hydrogen) atoms. The van der Waals surface area contributed by atoms with Crippen LogP contribution in [0.4, 0.5) is 4.39 Å². The molecule has 1 fully saturated rings. The number of hydrogen-bond acceptors (Lipinski definition) is 5. The molecule has 3 aromatic rings. The number of hydrogen-bond donors (Lipinski definition) is 1. The molecule has 2 aromatic carbocycles. The maximum absolute atomic E-state index is 14.8. The van der Waals surface area contributed by atoms with Gasteiger partial charge in [0.15, 0.2) is 0 Å². The smallest absolute Gasteiger partial charge is 0.295 e. The van der Waals surface area contributed by atoms with Crippen LogP contribution in [0, 0.1) is 5.82 Å². The predicted octanol–water partition coefficient (Wildman–Crippen LogP) is 3.54. The van der Waals surface area contributed by atoms with Gasteiger partial charge in [0.1, 0.15) is 17.3 Å². The first kappa shape index (κ1) is 21.3. The molecule has 0 radical (unpaired) electrons. The highest BCUT2D eigenvalue weighted by Gasteiger charge is 2.46. The minimum atomic E-state index is -1.03. The lowest BCUT2D eigenvalue weighted by Crippen LogP contribution is -2.31. The van der Waals surface area contributed by atoms with Gasteiger partial charge >= 0.3 is 0 Å². The van der Waals surface area contributed by atoms with Gasteiger partial charge in [-0.1, -0.05) is 18.2 Å². The molecule has 1 N–H and O–H groups in total. The van der Waals surface area contributed by atoms with E-state index in [4.69, 9.17) is 4.74 Å². The Hall–Kier alpha value is -3.94. The van der Waals surface area contributed by atoms with E-state index in [2.05, 4.69) is 4.98 Å². The standard InChI is InChI=1S/C24H22FN3O4/c1-32-17-9-7-16(8-10-17)22(29)20-21(18-5-2-3-6-19(18)25)28(24(31)23(20)30)13-4-12-27-14-11-26-15-27/h2-3,5-11,14-15,21,29H,4,12-13H2,1H3/b22-20-. The molecular weight excluding hydrogens is 413 g/mol. The summed E-state index contributed by atoms with van der Waals surface area (Å²) in [4.78, 5) is 31.2. The van der Waals surface area contributed by atoms with E-state index in [9.17, 15) is 19.1 Å². The van der Waals surface area contributed by atoms with E-state index in [-0.39, 0.29) is 23.4 Å². The monoisotopic (exact) mass is 435 g/mol. The molecule has 1 saturated heterocycles. The molecule has 1 atom stereocenters. The van der Waals surface area contributed by atoms with Crippen molar-refractivity contribution in [2.45, 2.75) is 19.0 Å². The van der Waals surface area contributed by atoms with Gasteiger partial charge in [0.25, 0.3) is 11.7 Å². The minimum Gasteiger partial charge on any atom is -0.507 e. The van der Waals surface area contributed by atoms with Gasteiger partial charge in [-0.05, 0) is 36.8 Å². The molecule has 0 spiro atoms. The zero-order chi connectivity index (χ0) is 22.7. The zero-order valence-electron chi connectivity index (χ0n) is 17.4. The summed E-state index contributed by atoms with van der Waals surface area (Å²) in [7, 11) is 1.52. The van der Waals surface area contributed by atoms with Gasteiger partial charge < -0.3 is 19.3 Å². The number of imidazole rings is 1. The SMILES string of the molecule is COc1ccc(/C(O)=C2/C(=O)C(=O)N(CCCn3ccnc3)C2c2ccccc2F)cc1. The van der Waals surface area contributed by atoms with E-state index in [0.29, 0.717) is 24.3 Å². The van der Waals surface area contributed by atoms with Crippen LogP contribution < -0.4 is 4.74 Å². The van der Waals surface area contributed by atoms with E-state index in [0.717, 1.165) is 0 Å². The van der Waals surface area contributed by atoms with E-state index < -0.39 is 23.5 Å². The third-order valence-electron chi connectivity index (χ3n) is 5.48. The highest BCUT2D eigenvalue weighted by molar-refractivity contribution is 6.46. The summed E-state index contributed by atoms with van der Waals surface area (Å²) in [6.07, 6.45) is 5.63. The Bertz CT molecular complexity index is 1160. The number of benzene rings is 2. The third kappa shape index (κ3) is 3.99. The number of nitrogens with zero attached hydrogens (tertiary/aromatic N) is 3. The van der Waals surface area contributed by atoms with Crippen molar-refractivity contribution in [1.29, 1.82) is 0 Å². The largest absolute Gasteiger partial charge is 0.507 e. The average molecular weight is 435 g/mol. The van der Waals surface area contributed by atoms with Crippen LogP contribution in [0.25, 0.3) is 5.76 Å². The van der Waals surface area contributed by atoms with Crippen molar-refractivity contribution < 1.29 is 23.8 Å². The number of carbonyl (C=O) groups is 2. The van der Waals surface area contributed by atoms with Gasteiger partial charge in [0.2, 0.25) is 0 Å². The minimum absolute atomic E-state index is 0.132. The van der Waals surface area contributed by atoms with E-state index in [1.165, 1.54) is 30.2 Å². The average Bonchev–Trinajstić information content (AvgIpc) is 3.41. The lowest BCUT2D eigenvalue weighted by molar-refractivity contribution is -0.140. The lowest BCUT2D eigenvalue weighted by Gasteiger charge is -2.25. The van der Waals surface area contributed by atoms with Crippen LogP contribution in [0.15, 0.2) is 72.8 Å². The highest BCUT2D eigenvalue weighted by atomic mass is 19.1. The molecule has 164 valence electrons. The lowest BCUT2D eigenvalue weighted by atomic mass is 9.95. The van der Waals surface area contributed by atoms with Crippen LogP contribution in [0.1, 0.15) is 23.6 Å². The van der Waals surface area contributed by atoms with Crippen molar-refractivity contribution in [1.82, 2.24) is 14.5 Å². The van der Waals surface area contributed by atoms with Crippen LogP contribution >= 0.6 is 0 Å². The number of amides is 1. The Balaban J connectivity index is 1.74. The van der Waals surface area contributed by atoms with Crippen molar-refractivity contribution in [2.24, 2.45) is 0 Å². The van der Waals surface area contributed by atoms with Crippen molar-refractivity contribution in [3.63, 3.8) is 0 Å². The molecule has 2 heterocycles. The summed E-state index contributed by atoms with van der Waals surface area (Å²) < 4.78 is 21.8. The number of aromatic nitrogens is 2. The highest BCUT2D eigenvalue weighted by Crippen LogP contribution is 2.40. The normalized spacial score (nSPS) is 17.7. The third-order valence-corrected chi connectivity index (χ3v) is 5.48. The first-order valence-corrected chi connectivity index (χ1v) is 10.1. The van der Waals surface area contributed by atoms with Crippen LogP contribution in [-0.4, -0.2) is 44.9 Å². The number of rotatable bonds is 7. The fraction of sp³-hybridized carbons (Fsp3) is 0.208. The Morgan fingerprint density at radius 1 is 1.12 bits per heavy atom. The zero-order valence-corrected chi connectivity index (χ0v) is 17.4. The fourth-order valence-electron chi connectivity index (χ4n) is 3.88. The number of carbonyl (C=O) groups excluding carboxylic acids is 2. The van der Waals surface area contributed by atoms with E-state index in [1.54, 1.807) is 49.1 Å². The second kappa shape index (κ2) is 9.05. The number of aliphatic hydroxyl groups is 1. The number of ether oxygens (including phenoxy) is 1. The Labute approximate surface area is 184 Å². The number of likely N-dealkylation sites (tertiary alicyclic amines) is 1. The van der Waals surface area contributed by atoms with Crippen molar-refractivity contribution in [3.8, 4) is 5.75 Å². The first-order chi connectivity index (χ1) is 15.5. The first-order valence-electron chi connectivity index (χ1n) is 10.1. The maximum atomic E-state index is 14.8. The summed E-state index contributed by atoms with van der Waals surface area (Å²) in [5, 5.41) is 11.0. The molecule has 1 aliphatic heterocycles. The molecule has 1 aromatic heterocycles. The Morgan fingerprint density at radius 3 is 2.53 bits per heavy atom. The van der Waals surface area contributed by atoms with Gasteiger partial charge in [-0.25, -0.2) is 9.37 Å². The molecule has 4 rings (SSSR count). The summed E-state index contributed by atoms with van der Waals surface area (Å²) in [6.45, 7) is 0.784. The fourth-order valence-corrected chi connectivity index (χ4v) is 3.88. The van der Waals surface area contributed by atoms with Crippen LogP contribution in [0.2, 0.25) is 0 Å². The Kier molecular flexibility index (Phi) is 6.02. The summed E-state index contributed by atoms with van der Waals surface area (Å²) in [5.74, 6) is -1.93. The van der Waals surface area contributed by atoms with Gasteiger partial charge in [0.05, 0.1) is 25.1 Å². The number of methoxy groups -OCH3 is 1. The van der Waals surface area contributed by atoms with Crippen molar-refractivity contribution >= 4 is 17.4 Å². The number of aliphatic hydroxyl groups excluding tert-OH is 1. The molecule has 8 heteroatoms. The summed E-state index contributed by atoms with van der Waals surface area (Å²) >= 11 is 0. The van der Waals surface area contributed by atoms with Gasteiger partial charge in [-0.3, -0.25) is 9.59 Å². The molecule has 0 saturated carbocycles. The number of halogens is 1. The van der Waals surface area contributed by atoms with Crippen molar-refractivity contribution in [2.75, 3.05) is 13.7 Å². The van der Waals surface area contributed by atoms with Crippen LogP contribution in [-0.2, 0) is 16.1 Å². The number of Topliss-reactive ketones (excluding diaryl/α,β-unsaturated/α-hetero) is 1. The van der Waals surface area contributed by atoms with Crippen LogP contribution in [0.3, 0.4) is 0 Å². The molecule has 1 aliphatic rings. The molecule has 1 amide bonds. The number of ketones is 1. The molecule has 0 bridgehead atoms. The molecule has 1 unspecified atom stereocenters. The van der Waals surface area contributed by atoms with Gasteiger partial charge in [0, 0.05) is 36.6 Å².